The second-order valence-corrected chi connectivity index (χ2v) is 7.19. The fourth-order valence-electron chi connectivity index (χ4n) is 1.94. The molecule has 0 aliphatic heterocycles. The normalized spacial score (nSPS) is 11.5. The van der Waals surface area contributed by atoms with Gasteiger partial charge in [-0.25, -0.2) is 9.78 Å². The number of amides is 2. The van der Waals surface area contributed by atoms with Gasteiger partial charge in [0.2, 0.25) is 0 Å². The van der Waals surface area contributed by atoms with Crippen LogP contribution >= 0.6 is 11.3 Å². The van der Waals surface area contributed by atoms with Gasteiger partial charge in [-0.2, -0.15) is 0 Å². The molecule has 0 aliphatic rings. The average molecular weight is 321 g/mol. The van der Waals surface area contributed by atoms with E-state index < -0.39 is 0 Å². The van der Waals surface area contributed by atoms with Crippen LogP contribution in [0.3, 0.4) is 0 Å². The van der Waals surface area contributed by atoms with Gasteiger partial charge < -0.3 is 9.73 Å². The number of urea groups is 1. The first-order chi connectivity index (χ1) is 10.4. The highest BCUT2D eigenvalue weighted by molar-refractivity contribution is 7.14. The Kier molecular flexibility index (Phi) is 5.24. The number of hydrogen-bond acceptors (Lipinski definition) is 4. The minimum absolute atomic E-state index is 0.0815. The molecule has 0 radical (unpaired) electrons. The average Bonchev–Trinajstić information content (AvgIpc) is 3.04. The van der Waals surface area contributed by atoms with E-state index in [9.17, 15) is 4.79 Å². The van der Waals surface area contributed by atoms with E-state index in [1.54, 1.807) is 0 Å². The van der Waals surface area contributed by atoms with E-state index in [0.717, 1.165) is 35.2 Å². The van der Waals surface area contributed by atoms with Crippen LogP contribution in [0.15, 0.2) is 21.9 Å². The molecule has 2 heterocycles. The topological polar surface area (TPSA) is 67.2 Å². The molecule has 6 heteroatoms. The van der Waals surface area contributed by atoms with Crippen LogP contribution in [-0.2, 0) is 11.8 Å². The Morgan fingerprint density at radius 1 is 1.41 bits per heavy atom. The molecule has 0 bridgehead atoms. The van der Waals surface area contributed by atoms with E-state index in [1.807, 2.05) is 24.4 Å². The summed E-state index contributed by atoms with van der Waals surface area (Å²) in [5, 5.41) is 8.40. The van der Waals surface area contributed by atoms with E-state index in [0.29, 0.717) is 6.54 Å². The highest BCUT2D eigenvalue weighted by Gasteiger charge is 2.21. The number of hydrogen-bond donors (Lipinski definition) is 2. The zero-order valence-corrected chi connectivity index (χ0v) is 14.3. The number of oxazole rings is 1. The van der Waals surface area contributed by atoms with Gasteiger partial charge in [-0.15, -0.1) is 11.3 Å². The van der Waals surface area contributed by atoms with Crippen LogP contribution in [0.2, 0.25) is 0 Å². The first kappa shape index (κ1) is 16.5. The number of aryl methyl sites for hydroxylation is 2. The molecule has 2 N–H and O–H groups in total. The monoisotopic (exact) mass is 321 g/mol. The predicted molar refractivity (Wildman–Crippen MR) is 89.6 cm³/mol. The van der Waals surface area contributed by atoms with Gasteiger partial charge in [0.15, 0.2) is 5.89 Å². The zero-order chi connectivity index (χ0) is 16.2. The van der Waals surface area contributed by atoms with Crippen LogP contribution in [0.4, 0.5) is 9.80 Å². The van der Waals surface area contributed by atoms with Gasteiger partial charge in [0.1, 0.15) is 5.76 Å². The first-order valence-electron chi connectivity index (χ1n) is 7.41. The van der Waals surface area contributed by atoms with Gasteiger partial charge in [0, 0.05) is 18.4 Å². The minimum Gasteiger partial charge on any atom is -0.445 e. The molecule has 2 aromatic rings. The highest BCUT2D eigenvalue weighted by atomic mass is 32.1. The summed E-state index contributed by atoms with van der Waals surface area (Å²) in [5.41, 5.74) is 0.856. The number of nitrogens with one attached hydrogen (secondary N) is 2. The number of anilines is 1. The molecule has 2 rings (SSSR count). The molecule has 0 fully saturated rings. The van der Waals surface area contributed by atoms with Gasteiger partial charge >= 0.3 is 6.03 Å². The zero-order valence-electron chi connectivity index (χ0n) is 13.5. The summed E-state index contributed by atoms with van der Waals surface area (Å²) in [6, 6.07) is 3.60. The van der Waals surface area contributed by atoms with Crippen molar-refractivity contribution in [3.05, 3.63) is 34.9 Å². The molecular weight excluding hydrogens is 298 g/mol. The Morgan fingerprint density at radius 2 is 2.18 bits per heavy atom. The number of carbonyl (C=O) groups excluding carboxylic acids is 1. The molecule has 0 aromatic carbocycles. The van der Waals surface area contributed by atoms with Crippen molar-refractivity contribution in [1.29, 1.82) is 0 Å². The third-order valence-corrected chi connectivity index (χ3v) is 3.94. The molecule has 5 nitrogen and oxygen atoms in total. The Hall–Kier alpha value is -1.82. The van der Waals surface area contributed by atoms with Gasteiger partial charge in [0.05, 0.1) is 10.7 Å². The maximum Gasteiger partial charge on any atom is 0.319 e. The second kappa shape index (κ2) is 6.96. The largest absolute Gasteiger partial charge is 0.445 e. The van der Waals surface area contributed by atoms with Crippen molar-refractivity contribution >= 4 is 22.4 Å². The quantitative estimate of drug-likeness (QED) is 0.815. The Balaban J connectivity index is 1.75. The number of carbonyl (C=O) groups is 1. The molecule has 2 aromatic heterocycles. The van der Waals surface area contributed by atoms with E-state index in [2.05, 4.69) is 36.4 Å². The molecule has 22 heavy (non-hydrogen) atoms. The molecule has 0 saturated carbocycles. The lowest BCUT2D eigenvalue weighted by Gasteiger charge is -2.12. The predicted octanol–water partition coefficient (Wildman–Crippen LogP) is 4.10. The van der Waals surface area contributed by atoms with Crippen molar-refractivity contribution in [1.82, 2.24) is 10.3 Å². The first-order valence-corrected chi connectivity index (χ1v) is 8.29. The van der Waals surface area contributed by atoms with E-state index in [4.69, 9.17) is 4.42 Å². The van der Waals surface area contributed by atoms with Crippen molar-refractivity contribution in [2.24, 2.45) is 0 Å². The van der Waals surface area contributed by atoms with E-state index in [-0.39, 0.29) is 11.4 Å². The molecule has 0 aliphatic carbocycles. The maximum absolute atomic E-state index is 11.7. The molecule has 0 unspecified atom stereocenters. The summed E-state index contributed by atoms with van der Waals surface area (Å²) < 4.78 is 5.83. The van der Waals surface area contributed by atoms with Crippen LogP contribution < -0.4 is 10.6 Å². The van der Waals surface area contributed by atoms with Crippen LogP contribution in [0.1, 0.15) is 44.5 Å². The standard InChI is InChI=1S/C16H23N3O2S/c1-11-12(21-14(18-11)16(2,3)4)7-5-9-17-15(20)19-13-8-6-10-22-13/h6,8,10H,5,7,9H2,1-4H3,(H2,17,19,20). The fraction of sp³-hybridized carbons (Fsp3) is 0.500. The van der Waals surface area contributed by atoms with Crippen molar-refractivity contribution < 1.29 is 9.21 Å². The van der Waals surface area contributed by atoms with Gasteiger partial charge in [-0.3, -0.25) is 5.32 Å². The van der Waals surface area contributed by atoms with Crippen molar-refractivity contribution in [2.75, 3.05) is 11.9 Å². The number of thiophene rings is 1. The minimum atomic E-state index is -0.174. The van der Waals surface area contributed by atoms with E-state index in [1.165, 1.54) is 11.3 Å². The molecule has 2 amide bonds. The summed E-state index contributed by atoms with van der Waals surface area (Å²) >= 11 is 1.50. The molecular formula is C16H23N3O2S. The SMILES string of the molecule is Cc1nc(C(C)(C)C)oc1CCCNC(=O)Nc1cccs1. The smallest absolute Gasteiger partial charge is 0.319 e. The third kappa shape index (κ3) is 4.59. The van der Waals surface area contributed by atoms with Crippen molar-refractivity contribution in [3.63, 3.8) is 0 Å². The van der Waals surface area contributed by atoms with Crippen LogP contribution in [0.25, 0.3) is 0 Å². The van der Waals surface area contributed by atoms with Gasteiger partial charge in [-0.1, -0.05) is 20.8 Å². The van der Waals surface area contributed by atoms with E-state index >= 15 is 0 Å². The summed E-state index contributed by atoms with van der Waals surface area (Å²) in [7, 11) is 0. The molecule has 120 valence electrons. The molecule has 0 spiro atoms. The number of aromatic nitrogens is 1. The maximum atomic E-state index is 11.7. The summed E-state index contributed by atoms with van der Waals surface area (Å²) in [5.74, 6) is 1.67. The Labute approximate surface area is 135 Å². The van der Waals surface area contributed by atoms with Crippen LogP contribution in [0.5, 0.6) is 0 Å². The number of nitrogens with zero attached hydrogens (tertiary/aromatic N) is 1. The lowest BCUT2D eigenvalue weighted by Crippen LogP contribution is -2.29. The Bertz CT molecular complexity index is 612. The molecule has 0 saturated heterocycles. The van der Waals surface area contributed by atoms with Crippen molar-refractivity contribution in [2.45, 2.75) is 46.0 Å². The second-order valence-electron chi connectivity index (χ2n) is 6.24. The highest BCUT2D eigenvalue weighted by Crippen LogP contribution is 2.24. The summed E-state index contributed by atoms with van der Waals surface area (Å²) in [4.78, 5) is 16.2. The summed E-state index contributed by atoms with van der Waals surface area (Å²) in [6.45, 7) is 8.81. The lowest BCUT2D eigenvalue weighted by atomic mass is 9.97. The summed E-state index contributed by atoms with van der Waals surface area (Å²) in [6.07, 6.45) is 1.59. The Morgan fingerprint density at radius 3 is 2.77 bits per heavy atom. The fourth-order valence-corrected chi connectivity index (χ4v) is 2.55. The van der Waals surface area contributed by atoms with Gasteiger partial charge in [0.25, 0.3) is 0 Å². The van der Waals surface area contributed by atoms with Crippen molar-refractivity contribution in [3.8, 4) is 0 Å². The van der Waals surface area contributed by atoms with Crippen LogP contribution in [-0.4, -0.2) is 17.6 Å². The van der Waals surface area contributed by atoms with Gasteiger partial charge in [-0.05, 0) is 30.9 Å². The number of rotatable bonds is 5. The molecule has 0 atom stereocenters. The third-order valence-electron chi connectivity index (χ3n) is 3.16. The lowest BCUT2D eigenvalue weighted by molar-refractivity contribution is 0.252. The van der Waals surface area contributed by atoms with Crippen LogP contribution in [0, 0.1) is 6.92 Å².